The lowest BCUT2D eigenvalue weighted by Gasteiger charge is -2.36. The van der Waals surface area contributed by atoms with E-state index < -0.39 is 0 Å². The van der Waals surface area contributed by atoms with Crippen molar-refractivity contribution in [2.75, 3.05) is 13.2 Å². The highest BCUT2D eigenvalue weighted by Crippen LogP contribution is 2.87. The van der Waals surface area contributed by atoms with Gasteiger partial charge >= 0.3 is 0 Å². The minimum absolute atomic E-state index is 0.198. The lowest BCUT2D eigenvalue weighted by atomic mass is 9.69. The Morgan fingerprint density at radius 1 is 0.875 bits per heavy atom. The standard InChI is InChI=1S/2C15H24O/c1-10(9-16)5-4-6-14(2)11-7-12-13(8-11)15(12,14)3;1-11(10-16)5-4-8-15(3)12(2)13-6-7-14(15)9-13/h5,11-13,16H,4,6-9H2,1-3H3;5,13-14,16H,2,4,6-10H2,1,3H3/b10-5+;11-5+. The lowest BCUT2D eigenvalue weighted by Crippen LogP contribution is -2.26. The molecule has 0 aromatic carbocycles. The van der Waals surface area contributed by atoms with Crippen molar-refractivity contribution in [1.82, 2.24) is 0 Å². The van der Waals surface area contributed by atoms with Gasteiger partial charge < -0.3 is 10.2 Å². The van der Waals surface area contributed by atoms with Crippen molar-refractivity contribution in [1.29, 1.82) is 0 Å². The normalized spacial score (nSPS) is 46.0. The van der Waals surface area contributed by atoms with E-state index in [9.17, 15) is 0 Å². The number of hydrogen-bond acceptors (Lipinski definition) is 2. The lowest BCUT2D eigenvalue weighted by molar-refractivity contribution is 0.154. The molecule has 32 heavy (non-hydrogen) atoms. The van der Waals surface area contributed by atoms with Crippen LogP contribution in [-0.2, 0) is 0 Å². The summed E-state index contributed by atoms with van der Waals surface area (Å²) >= 11 is 0. The van der Waals surface area contributed by atoms with E-state index in [-0.39, 0.29) is 13.2 Å². The fraction of sp³-hybridized carbons (Fsp3) is 0.800. The summed E-state index contributed by atoms with van der Waals surface area (Å²) < 4.78 is 0. The molecular weight excluding hydrogens is 392 g/mol. The summed E-state index contributed by atoms with van der Waals surface area (Å²) in [6.45, 7) is 16.3. The second kappa shape index (κ2) is 8.73. The van der Waals surface area contributed by atoms with Crippen LogP contribution in [0.4, 0.5) is 0 Å². The summed E-state index contributed by atoms with van der Waals surface area (Å²) in [6.07, 6.45) is 16.4. The smallest absolute Gasteiger partial charge is 0.0639 e. The predicted octanol–water partition coefficient (Wildman–Crippen LogP) is 7.09. The molecule has 2 heteroatoms. The average Bonchev–Trinajstić information content (AvgIpc) is 3.36. The third-order valence-corrected chi connectivity index (χ3v) is 11.5. The van der Waals surface area contributed by atoms with Crippen molar-refractivity contribution in [2.45, 2.75) is 92.4 Å². The van der Waals surface area contributed by atoms with E-state index in [0.29, 0.717) is 16.2 Å². The van der Waals surface area contributed by atoms with Gasteiger partial charge in [-0.25, -0.2) is 0 Å². The fourth-order valence-electron chi connectivity index (χ4n) is 8.84. The Balaban J connectivity index is 0.000000153. The van der Waals surface area contributed by atoms with Gasteiger partial charge in [0.1, 0.15) is 0 Å². The van der Waals surface area contributed by atoms with Gasteiger partial charge in [-0.05, 0) is 117 Å². The van der Waals surface area contributed by atoms with E-state index in [1.165, 1.54) is 50.5 Å². The number of allylic oxidation sites excluding steroid dienone is 3. The molecule has 0 saturated heterocycles. The summed E-state index contributed by atoms with van der Waals surface area (Å²) in [5, 5.41) is 18.0. The molecule has 6 aliphatic rings. The highest BCUT2D eigenvalue weighted by atomic mass is 16.3. The molecule has 0 aromatic rings. The van der Waals surface area contributed by atoms with Gasteiger partial charge in [0.05, 0.1) is 13.2 Å². The number of fused-ring (bicyclic) bond motifs is 2. The predicted molar refractivity (Wildman–Crippen MR) is 134 cm³/mol. The minimum Gasteiger partial charge on any atom is -0.392 e. The van der Waals surface area contributed by atoms with Crippen LogP contribution in [0.15, 0.2) is 35.5 Å². The third-order valence-electron chi connectivity index (χ3n) is 11.5. The van der Waals surface area contributed by atoms with Gasteiger partial charge in [-0.2, -0.15) is 0 Å². The Kier molecular flexibility index (Phi) is 6.62. The highest BCUT2D eigenvalue weighted by molar-refractivity contribution is 5.29. The Morgan fingerprint density at radius 2 is 1.44 bits per heavy atom. The largest absolute Gasteiger partial charge is 0.392 e. The van der Waals surface area contributed by atoms with Crippen molar-refractivity contribution < 1.29 is 10.2 Å². The molecule has 6 saturated carbocycles. The molecule has 180 valence electrons. The number of hydrogen-bond donors (Lipinski definition) is 2. The van der Waals surface area contributed by atoms with Crippen molar-refractivity contribution in [2.24, 2.45) is 45.8 Å². The van der Waals surface area contributed by atoms with Crippen molar-refractivity contribution >= 4 is 0 Å². The van der Waals surface area contributed by atoms with Gasteiger partial charge in [-0.3, -0.25) is 0 Å². The van der Waals surface area contributed by atoms with Crippen LogP contribution in [0.2, 0.25) is 0 Å². The molecule has 6 rings (SSSR count). The number of rotatable bonds is 8. The van der Waals surface area contributed by atoms with Crippen molar-refractivity contribution in [3.63, 3.8) is 0 Å². The topological polar surface area (TPSA) is 40.5 Å². The molecule has 0 amide bonds. The molecule has 0 aromatic heterocycles. The Labute approximate surface area is 197 Å². The van der Waals surface area contributed by atoms with Crippen molar-refractivity contribution in [3.05, 3.63) is 35.5 Å². The Bertz CT molecular complexity index is 779. The van der Waals surface area contributed by atoms with Crippen LogP contribution in [-0.4, -0.2) is 23.4 Å². The number of aliphatic hydroxyl groups is 2. The maximum Gasteiger partial charge on any atom is 0.0639 e. The quantitative estimate of drug-likeness (QED) is 0.396. The first-order valence-corrected chi connectivity index (χ1v) is 13.3. The van der Waals surface area contributed by atoms with E-state index in [0.717, 1.165) is 53.6 Å². The van der Waals surface area contributed by atoms with E-state index in [2.05, 4.69) is 39.5 Å². The zero-order chi connectivity index (χ0) is 23.3. The molecular formula is C30H48O2. The van der Waals surface area contributed by atoms with Gasteiger partial charge in [-0.15, -0.1) is 0 Å². The first-order valence-electron chi connectivity index (χ1n) is 13.3. The van der Waals surface area contributed by atoms with Crippen LogP contribution >= 0.6 is 0 Å². The molecule has 0 aliphatic heterocycles. The van der Waals surface area contributed by atoms with Crippen LogP contribution < -0.4 is 0 Å². The molecule has 0 radical (unpaired) electrons. The van der Waals surface area contributed by atoms with Gasteiger partial charge in [0, 0.05) is 0 Å². The van der Waals surface area contributed by atoms with E-state index in [1.54, 1.807) is 0 Å². The molecule has 0 heterocycles. The van der Waals surface area contributed by atoms with Gasteiger partial charge in [-0.1, -0.05) is 56.2 Å². The van der Waals surface area contributed by atoms with Gasteiger partial charge in [0.2, 0.25) is 0 Å². The van der Waals surface area contributed by atoms with Gasteiger partial charge in [0.25, 0.3) is 0 Å². The SMILES string of the molecule is C/C(=C\CCC1(C)C2CC3C(C2)C31C)CO.C=C1C2CCC(C2)C1(C)CC/C=C(\C)CO. The summed E-state index contributed by atoms with van der Waals surface area (Å²) in [5.74, 6) is 4.86. The monoisotopic (exact) mass is 440 g/mol. The molecule has 2 N–H and O–H groups in total. The van der Waals surface area contributed by atoms with E-state index in [4.69, 9.17) is 10.2 Å². The van der Waals surface area contributed by atoms with E-state index >= 15 is 0 Å². The minimum atomic E-state index is 0.198. The second-order valence-electron chi connectivity index (χ2n) is 12.7. The van der Waals surface area contributed by atoms with Crippen molar-refractivity contribution in [3.8, 4) is 0 Å². The summed E-state index contributed by atoms with van der Waals surface area (Å²) in [5.41, 5.74) is 5.42. The average molecular weight is 441 g/mol. The summed E-state index contributed by atoms with van der Waals surface area (Å²) in [6, 6.07) is 0. The van der Waals surface area contributed by atoms with E-state index in [1.807, 2.05) is 13.8 Å². The Morgan fingerprint density at radius 3 is 1.88 bits per heavy atom. The maximum atomic E-state index is 8.99. The van der Waals surface area contributed by atoms with Crippen LogP contribution in [0.1, 0.15) is 92.4 Å². The third kappa shape index (κ3) is 3.68. The molecule has 0 spiro atoms. The molecule has 6 fully saturated rings. The van der Waals surface area contributed by atoms with Crippen LogP contribution in [0.5, 0.6) is 0 Å². The highest BCUT2D eigenvalue weighted by Gasteiger charge is 2.80. The molecule has 2 nitrogen and oxygen atoms in total. The van der Waals surface area contributed by atoms with Gasteiger partial charge in [0.15, 0.2) is 0 Å². The molecule has 6 aliphatic carbocycles. The first-order chi connectivity index (χ1) is 15.1. The zero-order valence-corrected chi connectivity index (χ0v) is 21.4. The maximum absolute atomic E-state index is 8.99. The molecule has 6 atom stereocenters. The fourth-order valence-corrected chi connectivity index (χ4v) is 8.84. The van der Waals surface area contributed by atoms with Crippen LogP contribution in [0.3, 0.4) is 0 Å². The molecule has 6 unspecified atom stereocenters. The number of aliphatic hydroxyl groups excluding tert-OH is 2. The summed E-state index contributed by atoms with van der Waals surface area (Å²) in [7, 11) is 0. The van der Waals surface area contributed by atoms with Crippen LogP contribution in [0.25, 0.3) is 0 Å². The molecule has 6 bridgehead atoms. The second-order valence-corrected chi connectivity index (χ2v) is 12.7. The zero-order valence-electron chi connectivity index (χ0n) is 21.4. The van der Waals surface area contributed by atoms with Crippen LogP contribution in [0, 0.1) is 45.8 Å². The Hall–Kier alpha value is -0.860. The summed E-state index contributed by atoms with van der Waals surface area (Å²) in [4.78, 5) is 0. The first kappa shape index (κ1) is 24.3.